The summed E-state index contributed by atoms with van der Waals surface area (Å²) in [6, 6.07) is 5.01. The molecule has 0 saturated carbocycles. The Kier molecular flexibility index (Phi) is 2.44. The Balaban J connectivity index is 2.49. The van der Waals surface area contributed by atoms with Crippen molar-refractivity contribution in [3.8, 4) is 0 Å². The Bertz CT molecular complexity index is 340. The second kappa shape index (κ2) is 3.58. The number of nitrogens with zero attached hydrogens (tertiary/aromatic N) is 1. The molecule has 1 aromatic rings. The molecule has 1 aliphatic rings. The molecule has 1 nitrogen and oxygen atoms in total. The van der Waals surface area contributed by atoms with Gasteiger partial charge in [-0.25, -0.2) is 4.39 Å². The first-order valence-corrected chi connectivity index (χ1v) is 5.06. The highest BCUT2D eigenvalue weighted by Gasteiger charge is 2.15. The van der Waals surface area contributed by atoms with Crippen LogP contribution in [0.3, 0.4) is 0 Å². The highest BCUT2D eigenvalue weighted by Crippen LogP contribution is 2.24. The molecule has 0 spiro atoms. The van der Waals surface area contributed by atoms with Crippen LogP contribution >= 0.6 is 15.9 Å². The SMILES string of the molecule is Fc1cccc(Br)c1C1=NCCC1. The summed E-state index contributed by atoms with van der Waals surface area (Å²) in [4.78, 5) is 4.27. The summed E-state index contributed by atoms with van der Waals surface area (Å²) in [7, 11) is 0. The van der Waals surface area contributed by atoms with E-state index in [4.69, 9.17) is 0 Å². The lowest BCUT2D eigenvalue weighted by molar-refractivity contribution is 0.624. The van der Waals surface area contributed by atoms with Gasteiger partial charge in [-0.3, -0.25) is 4.99 Å². The van der Waals surface area contributed by atoms with Gasteiger partial charge in [0.15, 0.2) is 0 Å². The normalized spacial score (nSPS) is 16.0. The molecule has 1 heterocycles. The van der Waals surface area contributed by atoms with Crippen molar-refractivity contribution < 1.29 is 4.39 Å². The van der Waals surface area contributed by atoms with Gasteiger partial charge < -0.3 is 0 Å². The average Bonchev–Trinajstić information content (AvgIpc) is 2.57. The summed E-state index contributed by atoms with van der Waals surface area (Å²) in [6.45, 7) is 0.829. The van der Waals surface area contributed by atoms with Crippen molar-refractivity contribution in [2.24, 2.45) is 4.99 Å². The molecular weight excluding hydrogens is 233 g/mol. The summed E-state index contributed by atoms with van der Waals surface area (Å²) in [5.74, 6) is -0.185. The first-order chi connectivity index (χ1) is 6.29. The van der Waals surface area contributed by atoms with Gasteiger partial charge in [-0.1, -0.05) is 22.0 Å². The van der Waals surface area contributed by atoms with Crippen molar-refractivity contribution in [3.63, 3.8) is 0 Å². The zero-order valence-electron chi connectivity index (χ0n) is 7.06. The minimum absolute atomic E-state index is 0.185. The quantitative estimate of drug-likeness (QED) is 0.717. The third-order valence-electron chi connectivity index (χ3n) is 2.13. The van der Waals surface area contributed by atoms with E-state index in [-0.39, 0.29) is 5.82 Å². The molecule has 0 aliphatic carbocycles. The highest BCUT2D eigenvalue weighted by atomic mass is 79.9. The van der Waals surface area contributed by atoms with E-state index < -0.39 is 0 Å². The molecule has 0 unspecified atom stereocenters. The third kappa shape index (κ3) is 1.66. The predicted molar refractivity (Wildman–Crippen MR) is 54.7 cm³/mol. The second-order valence-corrected chi connectivity index (χ2v) is 3.88. The molecule has 68 valence electrons. The van der Waals surface area contributed by atoms with Gasteiger partial charge in [0.05, 0.1) is 0 Å². The zero-order valence-corrected chi connectivity index (χ0v) is 8.64. The van der Waals surface area contributed by atoms with E-state index in [1.54, 1.807) is 6.07 Å². The molecule has 0 radical (unpaired) electrons. The number of halogens is 2. The van der Waals surface area contributed by atoms with E-state index in [9.17, 15) is 4.39 Å². The van der Waals surface area contributed by atoms with Crippen molar-refractivity contribution in [1.82, 2.24) is 0 Å². The van der Waals surface area contributed by atoms with E-state index >= 15 is 0 Å². The lowest BCUT2D eigenvalue weighted by Gasteiger charge is -2.04. The minimum atomic E-state index is -0.185. The molecule has 1 aromatic carbocycles. The first-order valence-electron chi connectivity index (χ1n) is 4.27. The first kappa shape index (κ1) is 8.88. The molecule has 0 saturated heterocycles. The lowest BCUT2D eigenvalue weighted by Crippen LogP contribution is -2.01. The van der Waals surface area contributed by atoms with Crippen LogP contribution in [0.15, 0.2) is 27.7 Å². The average molecular weight is 242 g/mol. The number of aliphatic imine (C=N–C) groups is 1. The van der Waals surface area contributed by atoms with E-state index in [2.05, 4.69) is 20.9 Å². The Labute approximate surface area is 84.8 Å². The van der Waals surface area contributed by atoms with E-state index in [1.807, 2.05) is 6.07 Å². The fourth-order valence-electron chi connectivity index (χ4n) is 1.52. The second-order valence-electron chi connectivity index (χ2n) is 3.03. The van der Waals surface area contributed by atoms with Gasteiger partial charge in [0.1, 0.15) is 5.82 Å². The molecule has 0 N–H and O–H groups in total. The van der Waals surface area contributed by atoms with Gasteiger partial charge in [0.25, 0.3) is 0 Å². The molecule has 0 atom stereocenters. The van der Waals surface area contributed by atoms with Crippen LogP contribution in [-0.2, 0) is 0 Å². The van der Waals surface area contributed by atoms with Crippen molar-refractivity contribution in [2.45, 2.75) is 12.8 Å². The molecule has 0 bridgehead atoms. The van der Waals surface area contributed by atoms with Crippen LogP contribution in [0, 0.1) is 5.82 Å². The molecule has 0 amide bonds. The minimum Gasteiger partial charge on any atom is -0.289 e. The van der Waals surface area contributed by atoms with Crippen molar-refractivity contribution >= 4 is 21.6 Å². The van der Waals surface area contributed by atoms with Crippen LogP contribution in [0.2, 0.25) is 0 Å². The monoisotopic (exact) mass is 241 g/mol. The summed E-state index contributed by atoms with van der Waals surface area (Å²) in [5.41, 5.74) is 1.53. The van der Waals surface area contributed by atoms with Crippen molar-refractivity contribution in [2.75, 3.05) is 6.54 Å². The van der Waals surface area contributed by atoms with Crippen LogP contribution in [0.5, 0.6) is 0 Å². The molecule has 1 aliphatic heterocycles. The maximum absolute atomic E-state index is 13.4. The molecule has 13 heavy (non-hydrogen) atoms. The standard InChI is InChI=1S/C10H9BrFN/c11-7-3-1-4-8(12)10(7)9-5-2-6-13-9/h1,3-4H,2,5-6H2. The fourth-order valence-corrected chi connectivity index (χ4v) is 2.09. The zero-order chi connectivity index (χ0) is 9.26. The fraction of sp³-hybridized carbons (Fsp3) is 0.300. The van der Waals surface area contributed by atoms with Gasteiger partial charge in [0.2, 0.25) is 0 Å². The molecule has 2 rings (SSSR count). The number of rotatable bonds is 1. The lowest BCUT2D eigenvalue weighted by atomic mass is 10.1. The Morgan fingerprint density at radius 3 is 2.85 bits per heavy atom. The Hall–Kier alpha value is -0.700. The third-order valence-corrected chi connectivity index (χ3v) is 2.79. The van der Waals surface area contributed by atoms with E-state index in [0.29, 0.717) is 5.56 Å². The van der Waals surface area contributed by atoms with Gasteiger partial charge in [0, 0.05) is 22.3 Å². The molecule has 3 heteroatoms. The maximum Gasteiger partial charge on any atom is 0.133 e. The Morgan fingerprint density at radius 2 is 2.23 bits per heavy atom. The van der Waals surface area contributed by atoms with Crippen LogP contribution < -0.4 is 0 Å². The number of benzene rings is 1. The van der Waals surface area contributed by atoms with Crippen LogP contribution in [0.4, 0.5) is 4.39 Å². The highest BCUT2D eigenvalue weighted by molar-refractivity contribution is 9.10. The van der Waals surface area contributed by atoms with Gasteiger partial charge in [-0.15, -0.1) is 0 Å². The van der Waals surface area contributed by atoms with Crippen LogP contribution in [0.25, 0.3) is 0 Å². The summed E-state index contributed by atoms with van der Waals surface area (Å²) >= 11 is 3.34. The summed E-state index contributed by atoms with van der Waals surface area (Å²) in [5, 5.41) is 0. The van der Waals surface area contributed by atoms with E-state index in [1.165, 1.54) is 6.07 Å². The smallest absolute Gasteiger partial charge is 0.133 e. The maximum atomic E-state index is 13.4. The van der Waals surface area contributed by atoms with E-state index in [0.717, 1.165) is 29.6 Å². The largest absolute Gasteiger partial charge is 0.289 e. The predicted octanol–water partition coefficient (Wildman–Crippen LogP) is 3.17. The molecule has 0 aromatic heterocycles. The van der Waals surface area contributed by atoms with Crippen molar-refractivity contribution in [1.29, 1.82) is 0 Å². The van der Waals surface area contributed by atoms with Gasteiger partial charge in [-0.05, 0) is 25.0 Å². The molecular formula is C10H9BrFN. The summed E-state index contributed by atoms with van der Waals surface area (Å²) < 4.78 is 14.2. The molecule has 0 fully saturated rings. The summed E-state index contributed by atoms with van der Waals surface area (Å²) in [6.07, 6.45) is 1.93. The van der Waals surface area contributed by atoms with Crippen LogP contribution in [-0.4, -0.2) is 12.3 Å². The topological polar surface area (TPSA) is 12.4 Å². The van der Waals surface area contributed by atoms with Gasteiger partial charge in [-0.2, -0.15) is 0 Å². The number of hydrogen-bond acceptors (Lipinski definition) is 1. The van der Waals surface area contributed by atoms with Gasteiger partial charge >= 0.3 is 0 Å². The van der Waals surface area contributed by atoms with Crippen molar-refractivity contribution in [3.05, 3.63) is 34.1 Å². The Morgan fingerprint density at radius 1 is 1.38 bits per heavy atom. The van der Waals surface area contributed by atoms with Crippen LogP contribution in [0.1, 0.15) is 18.4 Å². The number of hydrogen-bond donors (Lipinski definition) is 0.